The second kappa shape index (κ2) is 9.05. The molecule has 2 rings (SSSR count). The minimum atomic E-state index is -0.894. The Kier molecular flexibility index (Phi) is 7.04. The van der Waals surface area contributed by atoms with E-state index in [1.165, 1.54) is 14.7 Å². The molecule has 2 saturated heterocycles. The number of nitrogens with zero attached hydrogens (tertiary/aromatic N) is 3. The first-order valence-corrected chi connectivity index (χ1v) is 9.53. The molecule has 27 heavy (non-hydrogen) atoms. The van der Waals surface area contributed by atoms with Crippen LogP contribution >= 0.6 is 0 Å². The third kappa shape index (κ3) is 5.33. The number of nitrogens with one attached hydrogen (secondary N) is 1. The highest BCUT2D eigenvalue weighted by molar-refractivity contribution is 5.90. The number of aliphatic carboxylic acids is 1. The van der Waals surface area contributed by atoms with E-state index < -0.39 is 17.9 Å². The van der Waals surface area contributed by atoms with Crippen molar-refractivity contribution < 1.29 is 24.3 Å². The van der Waals surface area contributed by atoms with Gasteiger partial charge >= 0.3 is 12.0 Å². The van der Waals surface area contributed by atoms with Crippen molar-refractivity contribution in [3.8, 4) is 0 Å². The smallest absolute Gasteiger partial charge is 0.318 e. The zero-order valence-electron chi connectivity index (χ0n) is 16.3. The first kappa shape index (κ1) is 21.0. The van der Waals surface area contributed by atoms with E-state index in [0.29, 0.717) is 32.4 Å². The summed E-state index contributed by atoms with van der Waals surface area (Å²) in [6.45, 7) is 4.82. The Hall–Kier alpha value is -2.32. The fourth-order valence-corrected chi connectivity index (χ4v) is 3.64. The lowest BCUT2D eigenvalue weighted by Gasteiger charge is -2.33. The standard InChI is InChI=1S/C18H30N4O5/c1-12(2)19-18(27)22-9-5-7-14(22)16(24)20(3)11-15(23)21-8-4-6-13(10-21)17(25)26/h12-14H,4-11H2,1-3H3,(H,19,27)(H,25,26)/t13?,14-/m0/s1. The number of carbonyl (C=O) groups excluding carboxylic acids is 3. The molecule has 0 radical (unpaired) electrons. The number of carbonyl (C=O) groups is 4. The van der Waals surface area contributed by atoms with Crippen LogP contribution < -0.4 is 5.32 Å². The molecule has 2 aliphatic rings. The quantitative estimate of drug-likeness (QED) is 0.713. The van der Waals surface area contributed by atoms with Gasteiger partial charge in [0, 0.05) is 32.7 Å². The van der Waals surface area contributed by atoms with Crippen LogP contribution in [0, 0.1) is 5.92 Å². The molecule has 0 spiro atoms. The van der Waals surface area contributed by atoms with Crippen molar-refractivity contribution in [3.63, 3.8) is 0 Å². The first-order valence-electron chi connectivity index (χ1n) is 9.53. The van der Waals surface area contributed by atoms with Gasteiger partial charge in [0.1, 0.15) is 6.04 Å². The summed E-state index contributed by atoms with van der Waals surface area (Å²) in [5, 5.41) is 12.0. The summed E-state index contributed by atoms with van der Waals surface area (Å²) in [6, 6.07) is -0.843. The average molecular weight is 382 g/mol. The van der Waals surface area contributed by atoms with Gasteiger partial charge in [-0.15, -0.1) is 0 Å². The minimum absolute atomic E-state index is 0.0190. The van der Waals surface area contributed by atoms with Crippen LogP contribution in [0.2, 0.25) is 0 Å². The molecule has 1 unspecified atom stereocenters. The average Bonchev–Trinajstić information content (AvgIpc) is 3.10. The highest BCUT2D eigenvalue weighted by Crippen LogP contribution is 2.20. The Morgan fingerprint density at radius 3 is 2.44 bits per heavy atom. The molecule has 0 aromatic heterocycles. The minimum Gasteiger partial charge on any atom is -0.481 e. The van der Waals surface area contributed by atoms with Crippen LogP contribution in [0.3, 0.4) is 0 Å². The van der Waals surface area contributed by atoms with Crippen molar-refractivity contribution in [3.05, 3.63) is 0 Å². The van der Waals surface area contributed by atoms with E-state index in [9.17, 15) is 19.2 Å². The molecule has 2 heterocycles. The second-order valence-corrected chi connectivity index (χ2v) is 7.67. The van der Waals surface area contributed by atoms with Crippen LogP contribution in [0.15, 0.2) is 0 Å². The molecular weight excluding hydrogens is 352 g/mol. The molecule has 0 bridgehead atoms. The maximum absolute atomic E-state index is 12.8. The highest BCUT2D eigenvalue weighted by Gasteiger charge is 2.37. The summed E-state index contributed by atoms with van der Waals surface area (Å²) in [5.41, 5.74) is 0. The number of likely N-dealkylation sites (tertiary alicyclic amines) is 2. The van der Waals surface area contributed by atoms with Crippen LogP contribution in [0.5, 0.6) is 0 Å². The van der Waals surface area contributed by atoms with Crippen LogP contribution in [-0.4, -0.2) is 88.9 Å². The normalized spacial score (nSPS) is 22.7. The number of hydrogen-bond acceptors (Lipinski definition) is 4. The zero-order valence-corrected chi connectivity index (χ0v) is 16.3. The van der Waals surface area contributed by atoms with Crippen LogP contribution in [0.25, 0.3) is 0 Å². The fourth-order valence-electron chi connectivity index (χ4n) is 3.64. The fraction of sp³-hybridized carbons (Fsp3) is 0.778. The molecule has 2 N–H and O–H groups in total. The highest BCUT2D eigenvalue weighted by atomic mass is 16.4. The third-order valence-corrected chi connectivity index (χ3v) is 5.08. The van der Waals surface area contributed by atoms with E-state index in [-0.39, 0.29) is 37.0 Å². The lowest BCUT2D eigenvalue weighted by molar-refractivity contribution is -0.147. The lowest BCUT2D eigenvalue weighted by Crippen LogP contribution is -2.53. The van der Waals surface area contributed by atoms with Gasteiger partial charge in [-0.3, -0.25) is 14.4 Å². The number of carboxylic acids is 1. The topological polar surface area (TPSA) is 110 Å². The molecule has 4 amide bonds. The molecular formula is C18H30N4O5. The van der Waals surface area contributed by atoms with E-state index in [1.54, 1.807) is 7.05 Å². The number of amides is 4. The van der Waals surface area contributed by atoms with Crippen molar-refractivity contribution in [2.24, 2.45) is 5.92 Å². The maximum atomic E-state index is 12.8. The Labute approximate surface area is 159 Å². The predicted molar refractivity (Wildman–Crippen MR) is 98.0 cm³/mol. The van der Waals surface area contributed by atoms with E-state index >= 15 is 0 Å². The monoisotopic (exact) mass is 382 g/mol. The predicted octanol–water partition coefficient (Wildman–Crippen LogP) is 0.350. The van der Waals surface area contributed by atoms with Crippen molar-refractivity contribution in [2.45, 2.75) is 51.6 Å². The number of carboxylic acid groups (broad SMARTS) is 1. The molecule has 2 fully saturated rings. The number of piperidine rings is 1. The van der Waals surface area contributed by atoms with Gasteiger partial charge in [-0.25, -0.2) is 4.79 Å². The van der Waals surface area contributed by atoms with Gasteiger partial charge in [0.15, 0.2) is 0 Å². The van der Waals surface area contributed by atoms with Gasteiger partial charge in [-0.1, -0.05) is 0 Å². The Bertz CT molecular complexity index is 594. The number of hydrogen-bond donors (Lipinski definition) is 2. The molecule has 2 aliphatic heterocycles. The number of rotatable bonds is 5. The van der Waals surface area contributed by atoms with Gasteiger partial charge in [-0.2, -0.15) is 0 Å². The van der Waals surface area contributed by atoms with Gasteiger partial charge in [0.2, 0.25) is 11.8 Å². The van der Waals surface area contributed by atoms with Crippen molar-refractivity contribution >= 4 is 23.8 Å². The van der Waals surface area contributed by atoms with Gasteiger partial charge in [0.05, 0.1) is 12.5 Å². The Morgan fingerprint density at radius 2 is 1.81 bits per heavy atom. The molecule has 0 aromatic rings. The van der Waals surface area contributed by atoms with Crippen LogP contribution in [0.1, 0.15) is 39.5 Å². The molecule has 0 saturated carbocycles. The van der Waals surface area contributed by atoms with Crippen LogP contribution in [0.4, 0.5) is 4.79 Å². The summed E-state index contributed by atoms with van der Waals surface area (Å²) >= 11 is 0. The molecule has 0 aromatic carbocycles. The molecule has 152 valence electrons. The van der Waals surface area contributed by atoms with Gasteiger partial charge < -0.3 is 25.1 Å². The summed E-state index contributed by atoms with van der Waals surface area (Å²) in [6.07, 6.45) is 2.53. The summed E-state index contributed by atoms with van der Waals surface area (Å²) in [7, 11) is 1.55. The first-order chi connectivity index (χ1) is 12.7. The van der Waals surface area contributed by atoms with Gasteiger partial charge in [0.25, 0.3) is 0 Å². The Balaban J connectivity index is 1.93. The zero-order chi connectivity index (χ0) is 20.1. The molecule has 9 heteroatoms. The van der Waals surface area contributed by atoms with E-state index in [2.05, 4.69) is 5.32 Å². The third-order valence-electron chi connectivity index (χ3n) is 5.08. The van der Waals surface area contributed by atoms with E-state index in [0.717, 1.165) is 6.42 Å². The maximum Gasteiger partial charge on any atom is 0.318 e. The largest absolute Gasteiger partial charge is 0.481 e. The molecule has 0 aliphatic carbocycles. The van der Waals surface area contributed by atoms with Crippen molar-refractivity contribution in [1.82, 2.24) is 20.0 Å². The summed E-state index contributed by atoms with van der Waals surface area (Å²) in [4.78, 5) is 53.1. The molecule has 2 atom stereocenters. The second-order valence-electron chi connectivity index (χ2n) is 7.67. The molecule has 9 nitrogen and oxygen atoms in total. The van der Waals surface area contributed by atoms with Crippen molar-refractivity contribution in [2.75, 3.05) is 33.2 Å². The van der Waals surface area contributed by atoms with Crippen LogP contribution in [-0.2, 0) is 14.4 Å². The van der Waals surface area contributed by atoms with E-state index in [4.69, 9.17) is 5.11 Å². The SMILES string of the molecule is CC(C)NC(=O)N1CCC[C@H]1C(=O)N(C)CC(=O)N1CCCC(C(=O)O)C1. The number of likely N-dealkylation sites (N-methyl/N-ethyl adjacent to an activating group) is 1. The van der Waals surface area contributed by atoms with Crippen molar-refractivity contribution in [1.29, 1.82) is 0 Å². The number of urea groups is 1. The summed E-state index contributed by atoms with van der Waals surface area (Å²) < 4.78 is 0. The van der Waals surface area contributed by atoms with Gasteiger partial charge in [-0.05, 0) is 39.5 Å². The lowest BCUT2D eigenvalue weighted by atomic mass is 9.98. The van der Waals surface area contributed by atoms with E-state index in [1.807, 2.05) is 13.8 Å². The summed E-state index contributed by atoms with van der Waals surface area (Å²) in [5.74, 6) is -1.96. The Morgan fingerprint density at radius 1 is 1.15 bits per heavy atom.